The molecule has 5 nitrogen and oxygen atoms in total. The zero-order valence-corrected chi connectivity index (χ0v) is 11.8. The lowest BCUT2D eigenvalue weighted by Gasteiger charge is -2.16. The number of nitrogens with one attached hydrogen (secondary N) is 1. The molecule has 0 unspecified atom stereocenters. The van der Waals surface area contributed by atoms with Crippen LogP contribution >= 0.6 is 0 Å². The van der Waals surface area contributed by atoms with Gasteiger partial charge in [-0.05, 0) is 25.0 Å². The highest BCUT2D eigenvalue weighted by atomic mass is 16.7. The zero-order valence-electron chi connectivity index (χ0n) is 11.8. The lowest BCUT2D eigenvalue weighted by molar-refractivity contribution is 0.174. The molecule has 2 aromatic rings. The summed E-state index contributed by atoms with van der Waals surface area (Å²) in [5.74, 6) is 3.52. The van der Waals surface area contributed by atoms with E-state index in [0.717, 1.165) is 36.7 Å². The lowest BCUT2D eigenvalue weighted by atomic mass is 10.1. The second-order valence-electron chi connectivity index (χ2n) is 5.94. The molecular weight excluding hydrogens is 266 g/mol. The second kappa shape index (κ2) is 4.24. The molecule has 3 heterocycles. The van der Waals surface area contributed by atoms with Gasteiger partial charge in [0.1, 0.15) is 5.82 Å². The molecule has 0 amide bonds. The van der Waals surface area contributed by atoms with Crippen molar-refractivity contribution in [1.29, 1.82) is 0 Å². The quantitative estimate of drug-likeness (QED) is 0.917. The smallest absolute Gasteiger partial charge is 0.231 e. The van der Waals surface area contributed by atoms with Gasteiger partial charge in [0.05, 0.1) is 11.4 Å². The van der Waals surface area contributed by atoms with E-state index in [0.29, 0.717) is 12.7 Å². The molecule has 1 N–H and O–H groups in total. The van der Waals surface area contributed by atoms with Crippen LogP contribution in [0.2, 0.25) is 0 Å². The zero-order chi connectivity index (χ0) is 13.8. The molecule has 1 aromatic heterocycles. The number of benzene rings is 1. The Balaban J connectivity index is 1.69. The third-order valence-corrected chi connectivity index (χ3v) is 4.47. The number of aromatic nitrogens is 2. The Morgan fingerprint density at radius 1 is 1.19 bits per heavy atom. The van der Waals surface area contributed by atoms with Crippen LogP contribution in [0.25, 0.3) is 5.69 Å². The maximum atomic E-state index is 5.53. The predicted molar refractivity (Wildman–Crippen MR) is 77.1 cm³/mol. The Labute approximate surface area is 122 Å². The van der Waals surface area contributed by atoms with E-state index in [1.54, 1.807) is 0 Å². The first kappa shape index (κ1) is 11.6. The SMILES string of the molecule is c1cc2c(cc1-n1c(C3CC3)nc3c1CCNC3)OCO2. The minimum Gasteiger partial charge on any atom is -0.454 e. The van der Waals surface area contributed by atoms with Gasteiger partial charge in [-0.15, -0.1) is 0 Å². The van der Waals surface area contributed by atoms with E-state index in [2.05, 4.69) is 22.0 Å². The molecule has 5 rings (SSSR count). The summed E-state index contributed by atoms with van der Waals surface area (Å²) in [5, 5.41) is 3.41. The Morgan fingerprint density at radius 2 is 2.10 bits per heavy atom. The normalized spacial score (nSPS) is 19.6. The van der Waals surface area contributed by atoms with Gasteiger partial charge < -0.3 is 14.8 Å². The predicted octanol–water partition coefficient (Wildman–Crippen LogP) is 2.12. The molecule has 0 atom stereocenters. The number of nitrogens with zero attached hydrogens (tertiary/aromatic N) is 2. The van der Waals surface area contributed by atoms with E-state index >= 15 is 0 Å². The van der Waals surface area contributed by atoms with Crippen molar-refractivity contribution in [3.8, 4) is 17.2 Å². The average molecular weight is 283 g/mol. The number of hydrogen-bond acceptors (Lipinski definition) is 4. The van der Waals surface area contributed by atoms with Gasteiger partial charge in [0.2, 0.25) is 6.79 Å². The van der Waals surface area contributed by atoms with Crippen LogP contribution in [0.1, 0.15) is 36.0 Å². The van der Waals surface area contributed by atoms with Crippen LogP contribution in [0.3, 0.4) is 0 Å². The standard InChI is InChI=1S/C16H17N3O2/c1-2-10(1)16-18-12-8-17-6-5-13(12)19(16)11-3-4-14-15(7-11)21-9-20-14/h3-4,7,10,17H,1-2,5-6,8-9H2. The molecule has 3 aliphatic rings. The molecule has 21 heavy (non-hydrogen) atoms. The molecule has 1 saturated carbocycles. The van der Waals surface area contributed by atoms with Gasteiger partial charge in [-0.25, -0.2) is 4.98 Å². The summed E-state index contributed by atoms with van der Waals surface area (Å²) in [7, 11) is 0. The topological polar surface area (TPSA) is 48.3 Å². The van der Waals surface area contributed by atoms with E-state index in [-0.39, 0.29) is 0 Å². The molecule has 108 valence electrons. The molecule has 0 saturated heterocycles. The summed E-state index contributed by atoms with van der Waals surface area (Å²) >= 11 is 0. The van der Waals surface area contributed by atoms with Crippen molar-refractivity contribution in [3.05, 3.63) is 35.4 Å². The molecular formula is C16H17N3O2. The van der Waals surface area contributed by atoms with Crippen LogP contribution in [0.5, 0.6) is 11.5 Å². The second-order valence-corrected chi connectivity index (χ2v) is 5.94. The van der Waals surface area contributed by atoms with E-state index < -0.39 is 0 Å². The van der Waals surface area contributed by atoms with Crippen molar-refractivity contribution >= 4 is 0 Å². The fraction of sp³-hybridized carbons (Fsp3) is 0.438. The van der Waals surface area contributed by atoms with Crippen molar-refractivity contribution < 1.29 is 9.47 Å². The molecule has 0 radical (unpaired) electrons. The first-order valence-electron chi connectivity index (χ1n) is 7.61. The van der Waals surface area contributed by atoms with Crippen LogP contribution in [-0.4, -0.2) is 22.9 Å². The first-order chi connectivity index (χ1) is 10.4. The number of imidazole rings is 1. The summed E-state index contributed by atoms with van der Waals surface area (Å²) in [6, 6.07) is 6.20. The van der Waals surface area contributed by atoms with Gasteiger partial charge in [0.25, 0.3) is 0 Å². The third-order valence-electron chi connectivity index (χ3n) is 4.47. The summed E-state index contributed by atoms with van der Waals surface area (Å²) in [4.78, 5) is 4.91. The highest BCUT2D eigenvalue weighted by Gasteiger charge is 2.32. The maximum absolute atomic E-state index is 5.53. The summed E-state index contributed by atoms with van der Waals surface area (Å²) in [6.45, 7) is 2.22. The highest BCUT2D eigenvalue weighted by molar-refractivity contribution is 5.52. The molecule has 1 aromatic carbocycles. The van der Waals surface area contributed by atoms with Gasteiger partial charge in [-0.2, -0.15) is 0 Å². The average Bonchev–Trinajstić information content (AvgIpc) is 3.13. The summed E-state index contributed by atoms with van der Waals surface area (Å²) in [6.07, 6.45) is 3.55. The largest absolute Gasteiger partial charge is 0.454 e. The number of ether oxygens (including phenoxy) is 2. The third kappa shape index (κ3) is 1.77. The van der Waals surface area contributed by atoms with Crippen molar-refractivity contribution in [3.63, 3.8) is 0 Å². The fourth-order valence-corrected chi connectivity index (χ4v) is 3.26. The van der Waals surface area contributed by atoms with Crippen LogP contribution < -0.4 is 14.8 Å². The van der Waals surface area contributed by atoms with Crippen molar-refractivity contribution in [2.45, 2.75) is 31.7 Å². The van der Waals surface area contributed by atoms with Crippen LogP contribution in [-0.2, 0) is 13.0 Å². The molecule has 1 fully saturated rings. The minimum absolute atomic E-state index is 0.320. The Bertz CT molecular complexity index is 719. The van der Waals surface area contributed by atoms with Gasteiger partial charge in [0.15, 0.2) is 11.5 Å². The maximum Gasteiger partial charge on any atom is 0.231 e. The molecule has 0 bridgehead atoms. The lowest BCUT2D eigenvalue weighted by Crippen LogP contribution is -2.24. The fourth-order valence-electron chi connectivity index (χ4n) is 3.26. The van der Waals surface area contributed by atoms with E-state index in [4.69, 9.17) is 14.5 Å². The number of hydrogen-bond donors (Lipinski definition) is 1. The van der Waals surface area contributed by atoms with E-state index in [1.165, 1.54) is 30.1 Å². The number of rotatable bonds is 2. The Kier molecular flexibility index (Phi) is 2.35. The van der Waals surface area contributed by atoms with E-state index in [9.17, 15) is 0 Å². The molecule has 1 aliphatic carbocycles. The first-order valence-corrected chi connectivity index (χ1v) is 7.61. The highest BCUT2D eigenvalue weighted by Crippen LogP contribution is 2.42. The van der Waals surface area contributed by atoms with Gasteiger partial charge in [0, 0.05) is 37.2 Å². The van der Waals surface area contributed by atoms with Crippen molar-refractivity contribution in [2.75, 3.05) is 13.3 Å². The van der Waals surface area contributed by atoms with Crippen LogP contribution in [0.4, 0.5) is 0 Å². The molecule has 0 spiro atoms. The molecule has 2 aliphatic heterocycles. The van der Waals surface area contributed by atoms with Crippen molar-refractivity contribution in [1.82, 2.24) is 14.9 Å². The van der Waals surface area contributed by atoms with Gasteiger partial charge in [-0.1, -0.05) is 0 Å². The summed E-state index contributed by atoms with van der Waals surface area (Å²) in [5.41, 5.74) is 3.71. The van der Waals surface area contributed by atoms with Crippen LogP contribution in [0, 0.1) is 0 Å². The Hall–Kier alpha value is -2.01. The van der Waals surface area contributed by atoms with Crippen LogP contribution in [0.15, 0.2) is 18.2 Å². The number of fused-ring (bicyclic) bond motifs is 2. The van der Waals surface area contributed by atoms with Gasteiger partial charge in [-0.3, -0.25) is 4.57 Å². The minimum atomic E-state index is 0.320. The monoisotopic (exact) mass is 283 g/mol. The Morgan fingerprint density at radius 3 is 3.00 bits per heavy atom. The van der Waals surface area contributed by atoms with Gasteiger partial charge >= 0.3 is 0 Å². The van der Waals surface area contributed by atoms with Crippen molar-refractivity contribution in [2.24, 2.45) is 0 Å². The van der Waals surface area contributed by atoms with E-state index in [1.807, 2.05) is 6.07 Å². The molecule has 5 heteroatoms. The summed E-state index contributed by atoms with van der Waals surface area (Å²) < 4.78 is 13.3.